The molecule has 0 bridgehead atoms. The second-order valence-electron chi connectivity index (χ2n) is 22.8. The van der Waals surface area contributed by atoms with Gasteiger partial charge in [-0.3, -0.25) is 0 Å². The van der Waals surface area contributed by atoms with Crippen LogP contribution in [0.2, 0.25) is 0 Å². The van der Waals surface area contributed by atoms with E-state index >= 15 is 0 Å². The summed E-state index contributed by atoms with van der Waals surface area (Å²) in [4.78, 5) is 13.3. The van der Waals surface area contributed by atoms with Crippen molar-refractivity contribution in [1.82, 2.24) is 0 Å². The molecule has 3 aliphatic rings. The molecule has 9 aromatic rings. The molecule has 0 N–H and O–H groups in total. The topological polar surface area (TPSA) is 43.9 Å². The minimum Gasteiger partial charge on any atom is -0.494 e. The summed E-state index contributed by atoms with van der Waals surface area (Å²) < 4.78 is 6.37. The van der Waals surface area contributed by atoms with Gasteiger partial charge in [0.05, 0.1) is 53.0 Å². The van der Waals surface area contributed by atoms with Crippen molar-refractivity contribution in [3.8, 4) is 34.1 Å². The highest BCUT2D eigenvalue weighted by Gasteiger charge is 2.46. The second-order valence-corrected chi connectivity index (χ2v) is 25.0. The minimum atomic E-state index is -0.558. The van der Waals surface area contributed by atoms with E-state index in [1.165, 1.54) is 103 Å². The lowest BCUT2D eigenvalue weighted by atomic mass is 9.67. The van der Waals surface area contributed by atoms with E-state index in [0.717, 1.165) is 84.6 Å². The molecule has 2 aliphatic heterocycles. The second kappa shape index (κ2) is 23.1. The fourth-order valence-corrected chi connectivity index (χ4v) is 15.2. The summed E-state index contributed by atoms with van der Waals surface area (Å²) >= 11 is 3.55. The maximum Gasteiger partial charge on any atom is 0.195 e. The van der Waals surface area contributed by atoms with Crippen LogP contribution in [0.15, 0.2) is 189 Å². The van der Waals surface area contributed by atoms with Gasteiger partial charge in [0.2, 0.25) is 0 Å². The van der Waals surface area contributed by atoms with Crippen LogP contribution in [0.1, 0.15) is 118 Å². The van der Waals surface area contributed by atoms with Gasteiger partial charge in [-0.05, 0) is 198 Å². The molecular formula is C76H68N4OS2. The maximum absolute atomic E-state index is 10.6. The number of aryl methyl sites for hydroxylation is 5. The smallest absolute Gasteiger partial charge is 0.195 e. The molecule has 5 nitrogen and oxygen atoms in total. The van der Waals surface area contributed by atoms with Crippen LogP contribution in [0.5, 0.6) is 5.75 Å². The molecule has 7 heteroatoms. The lowest BCUT2D eigenvalue weighted by Crippen LogP contribution is -2.28. The van der Waals surface area contributed by atoms with E-state index in [1.807, 2.05) is 26.0 Å². The SMILES string of the molecule is [C-]#[N+]/C(=C\c1ccc2c(c1)Sc1cc(-c3ccc4c(c3)C(c3ccc(C)cc3)(c3ccc(OCCCCCCCC)cc3)c3cc(C)ccc3-4)ccc1N2C)c1cc(C)c(/C(C#N)=C/c2ccc3c(c2)Sc2cc(C)ccc2N3C)cc1C. The standard InChI is InChI=1S/C76H68N4OS2/c1-10-11-12-13-14-15-36-81-60-28-26-59(27-29-60)76(58-24-16-48(2)17-25-58)65-37-49(3)18-30-61(65)62-31-22-55(45-66(62)76)56-23-35-71-75(46-56)83-74-44-54(21-34-70(74)80(71)9)42-67(78-7)64-40-51(5)63(39-52(64)6)57(47-77)41-53-20-33-69-73(43-53)82-72-38-50(4)19-32-68(72)79(69)8/h16-35,37-46H,10-15,36H2,1-6,8-9H3/b57-41+,67-42-. The van der Waals surface area contributed by atoms with E-state index < -0.39 is 5.41 Å². The first kappa shape index (κ1) is 55.1. The van der Waals surface area contributed by atoms with Crippen molar-refractivity contribution in [2.24, 2.45) is 0 Å². The predicted octanol–water partition coefficient (Wildman–Crippen LogP) is 20.9. The van der Waals surface area contributed by atoms with Crippen molar-refractivity contribution < 1.29 is 4.74 Å². The predicted molar refractivity (Wildman–Crippen MR) is 350 cm³/mol. The average Bonchev–Trinajstić information content (AvgIpc) is 1.68. The van der Waals surface area contributed by atoms with E-state index in [4.69, 9.17) is 11.3 Å². The van der Waals surface area contributed by atoms with Crippen LogP contribution in [-0.2, 0) is 5.41 Å². The third kappa shape index (κ3) is 10.4. The molecule has 1 atom stereocenters. The Balaban J connectivity index is 0.833. The fourth-order valence-electron chi connectivity index (χ4n) is 12.6. The first-order valence-electron chi connectivity index (χ1n) is 29.1. The molecule has 2 heterocycles. The van der Waals surface area contributed by atoms with Gasteiger partial charge in [-0.1, -0.05) is 182 Å². The van der Waals surface area contributed by atoms with Gasteiger partial charge in [-0.15, -0.1) is 0 Å². The van der Waals surface area contributed by atoms with E-state index in [2.05, 4.69) is 232 Å². The van der Waals surface area contributed by atoms with E-state index in [9.17, 15) is 5.26 Å². The van der Waals surface area contributed by atoms with Crippen LogP contribution in [0.25, 0.3) is 50.5 Å². The number of rotatable bonds is 15. The Morgan fingerprint density at radius 1 is 0.530 bits per heavy atom. The number of fused-ring (bicyclic) bond motifs is 7. The Morgan fingerprint density at radius 3 is 1.69 bits per heavy atom. The van der Waals surface area contributed by atoms with Crippen molar-refractivity contribution in [2.45, 2.75) is 105 Å². The van der Waals surface area contributed by atoms with Gasteiger partial charge in [-0.2, -0.15) is 5.26 Å². The maximum atomic E-state index is 10.6. The van der Waals surface area contributed by atoms with Gasteiger partial charge in [0.25, 0.3) is 0 Å². The number of benzene rings is 9. The highest BCUT2D eigenvalue weighted by molar-refractivity contribution is 8.00. The molecule has 12 rings (SSSR count). The Bertz CT molecular complexity index is 4180. The molecule has 1 unspecified atom stereocenters. The molecule has 83 heavy (non-hydrogen) atoms. The Labute approximate surface area is 499 Å². The molecule has 0 radical (unpaired) electrons. The molecule has 9 aromatic carbocycles. The van der Waals surface area contributed by atoms with E-state index in [1.54, 1.807) is 23.5 Å². The Kier molecular flexibility index (Phi) is 15.3. The zero-order chi connectivity index (χ0) is 57.5. The Morgan fingerprint density at radius 2 is 1.02 bits per heavy atom. The minimum absolute atomic E-state index is 0.558. The lowest BCUT2D eigenvalue weighted by molar-refractivity contribution is 0.304. The number of nitriles is 1. The van der Waals surface area contributed by atoms with Gasteiger partial charge in [0.1, 0.15) is 5.75 Å². The molecule has 0 saturated heterocycles. The molecule has 0 saturated carbocycles. The summed E-state index contributed by atoms with van der Waals surface area (Å²) in [5.41, 5.74) is 24.4. The monoisotopic (exact) mass is 1120 g/mol. The highest BCUT2D eigenvalue weighted by Crippen LogP contribution is 2.58. The molecule has 1 aliphatic carbocycles. The quantitative estimate of drug-likeness (QED) is 0.0441. The molecule has 0 fully saturated rings. The van der Waals surface area contributed by atoms with E-state index in [0.29, 0.717) is 11.3 Å². The van der Waals surface area contributed by atoms with Gasteiger partial charge < -0.3 is 14.5 Å². The van der Waals surface area contributed by atoms with Crippen LogP contribution >= 0.6 is 23.5 Å². The lowest BCUT2D eigenvalue weighted by Gasteiger charge is -2.34. The highest BCUT2D eigenvalue weighted by atomic mass is 32.2. The number of anilines is 4. The first-order chi connectivity index (χ1) is 40.3. The Hall–Kier alpha value is -8.46. The fraction of sp³-hybridized carbons (Fsp3) is 0.211. The number of nitrogens with zero attached hydrogens (tertiary/aromatic N) is 4. The van der Waals surface area contributed by atoms with E-state index in [-0.39, 0.29) is 0 Å². The number of allylic oxidation sites excluding steroid dienone is 1. The third-order valence-electron chi connectivity index (χ3n) is 17.1. The van der Waals surface area contributed by atoms with Crippen molar-refractivity contribution in [3.63, 3.8) is 0 Å². The van der Waals surface area contributed by atoms with Crippen LogP contribution < -0.4 is 14.5 Å². The zero-order valence-corrected chi connectivity index (χ0v) is 50.4. The summed E-state index contributed by atoms with van der Waals surface area (Å²) in [5.74, 6) is 0.915. The molecule has 0 spiro atoms. The molecule has 410 valence electrons. The van der Waals surface area contributed by atoms with Crippen LogP contribution in [0.4, 0.5) is 22.7 Å². The first-order valence-corrected chi connectivity index (χ1v) is 30.7. The number of ether oxygens (including phenoxy) is 1. The number of hydrogen-bond acceptors (Lipinski definition) is 6. The van der Waals surface area contributed by atoms with Crippen molar-refractivity contribution in [1.29, 1.82) is 5.26 Å². The van der Waals surface area contributed by atoms with Gasteiger partial charge in [-0.25, -0.2) is 4.85 Å². The van der Waals surface area contributed by atoms with Crippen LogP contribution in [0, 0.1) is 52.5 Å². The van der Waals surface area contributed by atoms with Crippen LogP contribution in [-0.4, -0.2) is 20.7 Å². The summed E-state index contributed by atoms with van der Waals surface area (Å²) in [5, 5.41) is 10.6. The zero-order valence-electron chi connectivity index (χ0n) is 48.8. The molecule has 0 aromatic heterocycles. The number of unbranched alkanes of at least 4 members (excludes halogenated alkanes) is 5. The van der Waals surface area contributed by atoms with Gasteiger partial charge in [0, 0.05) is 33.7 Å². The molecular weight excluding hydrogens is 1050 g/mol. The van der Waals surface area contributed by atoms with Crippen molar-refractivity contribution in [2.75, 3.05) is 30.5 Å². The largest absolute Gasteiger partial charge is 0.494 e. The summed E-state index contributed by atoms with van der Waals surface area (Å²) in [6, 6.07) is 65.2. The van der Waals surface area contributed by atoms with Gasteiger partial charge in [0.15, 0.2) is 5.70 Å². The van der Waals surface area contributed by atoms with Crippen molar-refractivity contribution >= 4 is 69.7 Å². The third-order valence-corrected chi connectivity index (χ3v) is 19.3. The number of hydrogen-bond donors (Lipinski definition) is 0. The normalized spacial score (nSPS) is 14.9. The summed E-state index contributed by atoms with van der Waals surface area (Å²) in [6.07, 6.45) is 11.4. The summed E-state index contributed by atoms with van der Waals surface area (Å²) in [7, 11) is 4.26. The average molecular weight is 1120 g/mol. The summed E-state index contributed by atoms with van der Waals surface area (Å²) in [6.45, 7) is 22.0. The molecule has 0 amide bonds. The van der Waals surface area contributed by atoms with Gasteiger partial charge >= 0.3 is 0 Å². The van der Waals surface area contributed by atoms with Crippen molar-refractivity contribution in [3.05, 3.63) is 254 Å². The van der Waals surface area contributed by atoms with Crippen LogP contribution in [0.3, 0.4) is 0 Å².